The summed E-state index contributed by atoms with van der Waals surface area (Å²) in [5, 5.41) is 0. The standard InChI is InChI=1S/C28H42N4S2/c33-19-7-3-1-5-9-25-21-27(11-15-31-17-13-29-23-31)28(12-16-32-18-14-30-24-32)22-26(25)10-6-2-4-8-20-34/h13-14,17-18,21-24,33-34H,1-12,15-16,19-20H2. The van der Waals surface area contributed by atoms with E-state index in [9.17, 15) is 0 Å². The fourth-order valence-corrected chi connectivity index (χ4v) is 5.07. The normalized spacial score (nSPS) is 11.4. The second-order valence-corrected chi connectivity index (χ2v) is 10.2. The minimum Gasteiger partial charge on any atom is -0.337 e. The Morgan fingerprint density at radius 1 is 0.529 bits per heavy atom. The van der Waals surface area contributed by atoms with Crippen LogP contribution in [-0.2, 0) is 38.8 Å². The molecular formula is C28H42N4S2. The summed E-state index contributed by atoms with van der Waals surface area (Å²) in [7, 11) is 0. The lowest BCUT2D eigenvalue weighted by molar-refractivity contribution is 0.646. The zero-order chi connectivity index (χ0) is 23.8. The molecule has 4 nitrogen and oxygen atoms in total. The first kappa shape index (κ1) is 26.9. The molecule has 2 aromatic heterocycles. The molecule has 0 fully saturated rings. The van der Waals surface area contributed by atoms with Gasteiger partial charge in [0, 0.05) is 37.9 Å². The highest BCUT2D eigenvalue weighted by molar-refractivity contribution is 7.80. The number of aryl methyl sites for hydroxylation is 6. The Balaban J connectivity index is 1.76. The zero-order valence-electron chi connectivity index (χ0n) is 20.6. The van der Waals surface area contributed by atoms with Crippen LogP contribution in [0.1, 0.15) is 73.6 Å². The van der Waals surface area contributed by atoms with Crippen molar-refractivity contribution in [2.45, 2.75) is 90.1 Å². The van der Waals surface area contributed by atoms with Crippen molar-refractivity contribution in [2.75, 3.05) is 11.5 Å². The molecule has 6 heteroatoms. The quantitative estimate of drug-likeness (QED) is 0.152. The van der Waals surface area contributed by atoms with Gasteiger partial charge in [-0.2, -0.15) is 25.3 Å². The monoisotopic (exact) mass is 498 g/mol. The summed E-state index contributed by atoms with van der Waals surface area (Å²) in [6.07, 6.45) is 26.4. The molecule has 3 rings (SSSR count). The van der Waals surface area contributed by atoms with Crippen LogP contribution in [0.5, 0.6) is 0 Å². The molecule has 0 amide bonds. The Morgan fingerprint density at radius 3 is 1.32 bits per heavy atom. The van der Waals surface area contributed by atoms with Gasteiger partial charge in [-0.25, -0.2) is 9.97 Å². The number of hydrogen-bond acceptors (Lipinski definition) is 4. The maximum atomic E-state index is 4.37. The van der Waals surface area contributed by atoms with Gasteiger partial charge in [0.25, 0.3) is 0 Å². The minimum atomic E-state index is 0.975. The highest BCUT2D eigenvalue weighted by Crippen LogP contribution is 2.24. The third-order valence-electron chi connectivity index (χ3n) is 6.63. The molecule has 0 unspecified atom stereocenters. The lowest BCUT2D eigenvalue weighted by atomic mass is 9.89. The number of nitrogens with zero attached hydrogens (tertiary/aromatic N) is 4. The van der Waals surface area contributed by atoms with Gasteiger partial charge in [0.15, 0.2) is 0 Å². The number of hydrogen-bond donors (Lipinski definition) is 2. The first-order valence-corrected chi connectivity index (χ1v) is 14.3. The van der Waals surface area contributed by atoms with E-state index in [2.05, 4.69) is 68.9 Å². The Bertz CT molecular complexity index is 832. The van der Waals surface area contributed by atoms with Gasteiger partial charge in [-0.05, 0) is 85.1 Å². The molecular weight excluding hydrogens is 456 g/mol. The van der Waals surface area contributed by atoms with E-state index in [0.717, 1.165) is 37.4 Å². The molecule has 0 aliphatic rings. The highest BCUT2D eigenvalue weighted by atomic mass is 32.1. The Morgan fingerprint density at radius 2 is 0.941 bits per heavy atom. The second kappa shape index (κ2) is 16.1. The zero-order valence-corrected chi connectivity index (χ0v) is 22.4. The highest BCUT2D eigenvalue weighted by Gasteiger charge is 2.11. The molecule has 0 radical (unpaired) electrons. The minimum absolute atomic E-state index is 0.975. The summed E-state index contributed by atoms with van der Waals surface area (Å²) in [6.45, 7) is 1.95. The topological polar surface area (TPSA) is 35.6 Å². The van der Waals surface area contributed by atoms with Crippen LogP contribution in [0.3, 0.4) is 0 Å². The number of imidazole rings is 2. The Kier molecular flexibility index (Phi) is 12.7. The molecule has 0 aliphatic heterocycles. The van der Waals surface area contributed by atoms with Gasteiger partial charge in [0.1, 0.15) is 0 Å². The molecule has 0 saturated carbocycles. The predicted octanol–water partition coefficient (Wildman–Crippen LogP) is 6.63. The molecule has 0 aliphatic carbocycles. The maximum absolute atomic E-state index is 4.37. The fourth-order valence-electron chi connectivity index (χ4n) is 4.62. The molecule has 0 N–H and O–H groups in total. The second-order valence-electron chi connectivity index (χ2n) is 9.27. The summed E-state index contributed by atoms with van der Waals surface area (Å²) in [6, 6.07) is 5.09. The van der Waals surface area contributed by atoms with E-state index in [1.165, 1.54) is 75.3 Å². The van der Waals surface area contributed by atoms with Gasteiger partial charge in [-0.15, -0.1) is 0 Å². The smallest absolute Gasteiger partial charge is 0.0946 e. The van der Waals surface area contributed by atoms with Crippen molar-refractivity contribution in [1.82, 2.24) is 19.1 Å². The third-order valence-corrected chi connectivity index (χ3v) is 7.26. The Labute approximate surface area is 217 Å². The van der Waals surface area contributed by atoms with Crippen molar-refractivity contribution >= 4 is 25.3 Å². The van der Waals surface area contributed by atoms with Crippen LogP contribution < -0.4 is 0 Å². The van der Waals surface area contributed by atoms with E-state index in [1.807, 2.05) is 25.0 Å². The summed E-state index contributed by atoms with van der Waals surface area (Å²) in [5.74, 6) is 2.00. The first-order chi connectivity index (χ1) is 16.8. The van der Waals surface area contributed by atoms with Crippen molar-refractivity contribution in [3.63, 3.8) is 0 Å². The molecule has 34 heavy (non-hydrogen) atoms. The van der Waals surface area contributed by atoms with Crippen molar-refractivity contribution in [2.24, 2.45) is 0 Å². The average Bonchev–Trinajstić information content (AvgIpc) is 3.56. The molecule has 0 spiro atoms. The molecule has 186 valence electrons. The third kappa shape index (κ3) is 9.53. The van der Waals surface area contributed by atoms with Gasteiger partial charge in [0.05, 0.1) is 12.7 Å². The van der Waals surface area contributed by atoms with E-state index >= 15 is 0 Å². The Hall–Kier alpha value is -1.66. The first-order valence-electron chi connectivity index (χ1n) is 13.1. The maximum Gasteiger partial charge on any atom is 0.0946 e. The van der Waals surface area contributed by atoms with Gasteiger partial charge in [-0.3, -0.25) is 0 Å². The van der Waals surface area contributed by atoms with Crippen LogP contribution in [0.4, 0.5) is 0 Å². The van der Waals surface area contributed by atoms with Gasteiger partial charge in [-0.1, -0.05) is 37.8 Å². The van der Waals surface area contributed by atoms with E-state index in [0.29, 0.717) is 0 Å². The number of thiol groups is 2. The lowest BCUT2D eigenvalue weighted by Crippen LogP contribution is -2.08. The van der Waals surface area contributed by atoms with Crippen LogP contribution in [-0.4, -0.2) is 30.6 Å². The van der Waals surface area contributed by atoms with Gasteiger partial charge < -0.3 is 9.13 Å². The molecule has 0 bridgehead atoms. The average molecular weight is 499 g/mol. The fraction of sp³-hybridized carbons (Fsp3) is 0.571. The summed E-state index contributed by atoms with van der Waals surface area (Å²) >= 11 is 8.74. The molecule has 0 atom stereocenters. The van der Waals surface area contributed by atoms with Crippen LogP contribution in [0, 0.1) is 0 Å². The van der Waals surface area contributed by atoms with Crippen LogP contribution in [0.25, 0.3) is 0 Å². The number of aromatic nitrogens is 4. The molecule has 3 aromatic rings. The summed E-state index contributed by atoms with van der Waals surface area (Å²) in [4.78, 5) is 8.44. The number of benzene rings is 1. The lowest BCUT2D eigenvalue weighted by Gasteiger charge is -2.18. The van der Waals surface area contributed by atoms with E-state index in [1.54, 1.807) is 11.1 Å². The van der Waals surface area contributed by atoms with E-state index in [-0.39, 0.29) is 0 Å². The predicted molar refractivity (Wildman–Crippen MR) is 150 cm³/mol. The summed E-state index contributed by atoms with van der Waals surface area (Å²) in [5.41, 5.74) is 6.15. The van der Waals surface area contributed by atoms with E-state index < -0.39 is 0 Å². The van der Waals surface area contributed by atoms with Gasteiger partial charge >= 0.3 is 0 Å². The molecule has 1 aromatic carbocycles. The molecule has 0 saturated heterocycles. The van der Waals surface area contributed by atoms with Crippen molar-refractivity contribution in [1.29, 1.82) is 0 Å². The van der Waals surface area contributed by atoms with Crippen LogP contribution in [0.15, 0.2) is 49.6 Å². The number of rotatable bonds is 18. The van der Waals surface area contributed by atoms with Crippen LogP contribution in [0.2, 0.25) is 0 Å². The summed E-state index contributed by atoms with van der Waals surface area (Å²) < 4.78 is 4.37. The number of unbranched alkanes of at least 4 members (excludes halogenated alkanes) is 6. The van der Waals surface area contributed by atoms with Crippen LogP contribution >= 0.6 is 25.3 Å². The molecule has 2 heterocycles. The van der Waals surface area contributed by atoms with Crippen molar-refractivity contribution in [3.05, 3.63) is 71.8 Å². The van der Waals surface area contributed by atoms with Crippen molar-refractivity contribution < 1.29 is 0 Å². The van der Waals surface area contributed by atoms with Gasteiger partial charge in [0.2, 0.25) is 0 Å². The largest absolute Gasteiger partial charge is 0.337 e. The SMILES string of the molecule is SCCCCCCc1cc(CCn2ccnc2)c(CCn2ccnc2)cc1CCCCCCS. The van der Waals surface area contributed by atoms with Crippen molar-refractivity contribution in [3.8, 4) is 0 Å². The van der Waals surface area contributed by atoms with E-state index in [4.69, 9.17) is 0 Å².